The summed E-state index contributed by atoms with van der Waals surface area (Å²) in [7, 11) is 0. The first-order chi connectivity index (χ1) is 17.9. The Morgan fingerprint density at radius 3 is 2.59 bits per heavy atom. The summed E-state index contributed by atoms with van der Waals surface area (Å²) in [5.41, 5.74) is 4.65. The molecule has 0 bridgehead atoms. The second-order valence-corrected chi connectivity index (χ2v) is 11.8. The van der Waals surface area contributed by atoms with Gasteiger partial charge in [0.1, 0.15) is 0 Å². The van der Waals surface area contributed by atoms with E-state index >= 15 is 0 Å². The van der Waals surface area contributed by atoms with Crippen LogP contribution >= 0.6 is 23.5 Å². The zero-order valence-electron chi connectivity index (χ0n) is 21.0. The molecule has 3 aromatic rings. The van der Waals surface area contributed by atoms with Gasteiger partial charge in [0.05, 0.1) is 22.2 Å². The van der Waals surface area contributed by atoms with Gasteiger partial charge >= 0.3 is 6.03 Å². The zero-order valence-corrected chi connectivity index (χ0v) is 22.6. The molecular formula is C30H29N3O2S2. The molecule has 3 unspecified atom stereocenters. The molecule has 3 amide bonds. The lowest BCUT2D eigenvalue weighted by Gasteiger charge is -2.40. The quantitative estimate of drug-likeness (QED) is 0.339. The molecule has 0 spiro atoms. The molecule has 5 nitrogen and oxygen atoms in total. The maximum absolute atomic E-state index is 13.6. The van der Waals surface area contributed by atoms with Crippen LogP contribution in [0.2, 0.25) is 0 Å². The summed E-state index contributed by atoms with van der Waals surface area (Å²) < 4.78 is 0. The molecule has 1 heterocycles. The summed E-state index contributed by atoms with van der Waals surface area (Å²) >= 11 is 3.25. The van der Waals surface area contributed by atoms with Crippen LogP contribution in [0, 0.1) is 13.8 Å². The largest absolute Gasteiger partial charge is 0.326 e. The molecule has 3 aromatic carbocycles. The molecule has 0 radical (unpaired) electrons. The second-order valence-electron chi connectivity index (χ2n) is 9.14. The van der Waals surface area contributed by atoms with Gasteiger partial charge in [-0.3, -0.25) is 9.69 Å². The van der Waals surface area contributed by atoms with Crippen molar-refractivity contribution in [1.82, 2.24) is 0 Å². The van der Waals surface area contributed by atoms with Crippen molar-refractivity contribution in [1.29, 1.82) is 0 Å². The van der Waals surface area contributed by atoms with Crippen molar-refractivity contribution in [2.45, 2.75) is 47.1 Å². The van der Waals surface area contributed by atoms with Crippen molar-refractivity contribution in [2.24, 2.45) is 0 Å². The number of benzene rings is 3. The van der Waals surface area contributed by atoms with Gasteiger partial charge in [0.2, 0.25) is 5.91 Å². The van der Waals surface area contributed by atoms with Gasteiger partial charge in [0.15, 0.2) is 0 Å². The first-order valence-corrected chi connectivity index (χ1v) is 14.0. The van der Waals surface area contributed by atoms with Gasteiger partial charge in [-0.1, -0.05) is 54.6 Å². The first-order valence-electron chi connectivity index (χ1n) is 12.3. The Hall–Kier alpha value is -3.42. The molecule has 2 aliphatic rings. The number of amides is 3. The van der Waals surface area contributed by atoms with Crippen molar-refractivity contribution >= 4 is 52.5 Å². The van der Waals surface area contributed by atoms with Crippen LogP contribution in [0.25, 0.3) is 0 Å². The average Bonchev–Trinajstić information content (AvgIpc) is 2.90. The summed E-state index contributed by atoms with van der Waals surface area (Å²) in [6, 6.07) is 21.3. The zero-order chi connectivity index (χ0) is 25.9. The Labute approximate surface area is 226 Å². The second kappa shape index (κ2) is 10.9. The van der Waals surface area contributed by atoms with Crippen molar-refractivity contribution in [2.75, 3.05) is 15.5 Å². The predicted octanol–water partition coefficient (Wildman–Crippen LogP) is 7.43. The number of urea groups is 1. The Morgan fingerprint density at radius 2 is 1.73 bits per heavy atom. The maximum atomic E-state index is 13.6. The number of nitrogens with one attached hydrogen (secondary N) is 2. The van der Waals surface area contributed by atoms with E-state index in [4.69, 9.17) is 0 Å². The number of allylic oxidation sites excluding steroid dienone is 2. The minimum absolute atomic E-state index is 0.0567. The van der Waals surface area contributed by atoms with E-state index in [2.05, 4.69) is 28.9 Å². The molecule has 5 rings (SSSR count). The number of thioether (sulfide) groups is 2. The number of para-hydroxylation sites is 1. The molecule has 2 N–H and O–H groups in total. The highest BCUT2D eigenvalue weighted by Crippen LogP contribution is 2.43. The molecule has 0 saturated carbocycles. The number of carbonyl (C=O) groups is 2. The van der Waals surface area contributed by atoms with E-state index < -0.39 is 0 Å². The minimum Gasteiger partial charge on any atom is -0.325 e. The molecule has 37 heavy (non-hydrogen) atoms. The molecule has 7 heteroatoms. The summed E-state index contributed by atoms with van der Waals surface area (Å²) in [5.74, 6) is -0.0567. The van der Waals surface area contributed by atoms with Crippen LogP contribution in [0.1, 0.15) is 18.1 Å². The SMILES string of the molecule is Cc1cccc(NC(=O)C(C)Sc2cccc(NC(=O)N3c4ccccc4SC4C=CC=CC43)c2)c1C. The van der Waals surface area contributed by atoms with Crippen molar-refractivity contribution in [3.05, 3.63) is 102 Å². The van der Waals surface area contributed by atoms with Gasteiger partial charge in [0.25, 0.3) is 0 Å². The Bertz CT molecular complexity index is 1400. The normalized spacial score (nSPS) is 18.5. The topological polar surface area (TPSA) is 61.4 Å². The van der Waals surface area contributed by atoms with E-state index in [9.17, 15) is 9.59 Å². The number of aryl methyl sites for hydroxylation is 1. The van der Waals surface area contributed by atoms with Gasteiger partial charge in [0, 0.05) is 21.2 Å². The van der Waals surface area contributed by atoms with Crippen LogP contribution in [0.15, 0.2) is 101 Å². The van der Waals surface area contributed by atoms with Crippen LogP contribution in [-0.2, 0) is 4.79 Å². The first kappa shape index (κ1) is 25.2. The molecule has 0 aromatic heterocycles. The number of carbonyl (C=O) groups excluding carboxylic acids is 2. The van der Waals surface area contributed by atoms with Gasteiger partial charge in [-0.05, 0) is 68.3 Å². The summed E-state index contributed by atoms with van der Waals surface area (Å²) in [6.45, 7) is 5.93. The lowest BCUT2D eigenvalue weighted by Crippen LogP contribution is -2.49. The minimum atomic E-state index is -0.309. The van der Waals surface area contributed by atoms with Crippen LogP contribution in [0.3, 0.4) is 0 Å². The number of nitrogens with zero attached hydrogens (tertiary/aromatic N) is 1. The fourth-order valence-electron chi connectivity index (χ4n) is 4.43. The average molecular weight is 528 g/mol. The third-order valence-electron chi connectivity index (χ3n) is 6.59. The molecule has 3 atom stereocenters. The monoisotopic (exact) mass is 527 g/mol. The number of rotatable bonds is 5. The van der Waals surface area contributed by atoms with Crippen molar-refractivity contribution in [3.63, 3.8) is 0 Å². The summed E-state index contributed by atoms with van der Waals surface area (Å²) in [5, 5.41) is 6.00. The van der Waals surface area contributed by atoms with Gasteiger partial charge in [-0.25, -0.2) is 4.79 Å². The Morgan fingerprint density at radius 1 is 0.946 bits per heavy atom. The lowest BCUT2D eigenvalue weighted by molar-refractivity contribution is -0.115. The van der Waals surface area contributed by atoms with Gasteiger partial charge < -0.3 is 10.6 Å². The summed E-state index contributed by atoms with van der Waals surface area (Å²) in [6.07, 6.45) is 8.26. The molecule has 1 aliphatic carbocycles. The van der Waals surface area contributed by atoms with Gasteiger partial charge in [-0.15, -0.1) is 23.5 Å². The van der Waals surface area contributed by atoms with Crippen LogP contribution in [-0.4, -0.2) is 28.5 Å². The van der Waals surface area contributed by atoms with Crippen LogP contribution < -0.4 is 15.5 Å². The molecule has 0 saturated heterocycles. The van der Waals surface area contributed by atoms with E-state index in [1.165, 1.54) is 11.8 Å². The standard InChI is InChI=1S/C30H29N3O2S2/c1-19-10-8-13-24(20(19)2)32-29(34)21(3)36-23-12-9-11-22(18-23)31-30(35)33-25-14-4-6-16-27(25)37-28-17-7-5-15-26(28)33/h4-18,21,25,27H,1-3H3,(H,31,35)(H,32,34). The molecule has 1 aliphatic heterocycles. The highest BCUT2D eigenvalue weighted by molar-refractivity contribution is 8.00. The van der Waals surface area contributed by atoms with Crippen molar-refractivity contribution in [3.8, 4) is 0 Å². The maximum Gasteiger partial charge on any atom is 0.326 e. The molecule has 188 valence electrons. The fraction of sp³-hybridized carbons (Fsp3) is 0.200. The van der Waals surface area contributed by atoms with E-state index in [0.717, 1.165) is 32.3 Å². The van der Waals surface area contributed by atoms with Crippen LogP contribution in [0.5, 0.6) is 0 Å². The molecular weight excluding hydrogens is 498 g/mol. The van der Waals surface area contributed by atoms with Crippen molar-refractivity contribution < 1.29 is 9.59 Å². The Kier molecular flexibility index (Phi) is 7.44. The van der Waals surface area contributed by atoms with E-state index in [-0.39, 0.29) is 28.5 Å². The van der Waals surface area contributed by atoms with E-state index in [1.807, 2.05) is 98.5 Å². The number of hydrogen-bond donors (Lipinski definition) is 2. The van der Waals surface area contributed by atoms with Gasteiger partial charge in [-0.2, -0.15) is 0 Å². The number of anilines is 3. The van der Waals surface area contributed by atoms with E-state index in [0.29, 0.717) is 5.69 Å². The highest BCUT2D eigenvalue weighted by Gasteiger charge is 2.36. The number of hydrogen-bond acceptors (Lipinski definition) is 4. The Balaban J connectivity index is 1.29. The highest BCUT2D eigenvalue weighted by atomic mass is 32.2. The fourth-order valence-corrected chi connectivity index (χ4v) is 6.62. The summed E-state index contributed by atoms with van der Waals surface area (Å²) in [4.78, 5) is 30.3. The number of fused-ring (bicyclic) bond motifs is 2. The smallest absolute Gasteiger partial charge is 0.325 e. The predicted molar refractivity (Wildman–Crippen MR) is 156 cm³/mol. The van der Waals surface area contributed by atoms with E-state index in [1.54, 1.807) is 11.8 Å². The third kappa shape index (κ3) is 5.48. The lowest BCUT2D eigenvalue weighted by atomic mass is 10.1. The molecule has 0 fully saturated rings. The van der Waals surface area contributed by atoms with Crippen LogP contribution in [0.4, 0.5) is 21.9 Å². The third-order valence-corrected chi connectivity index (χ3v) is 8.99.